The van der Waals surface area contributed by atoms with E-state index in [1.807, 2.05) is 6.07 Å². The number of benzene rings is 3. The maximum absolute atomic E-state index is 14.7. The highest BCUT2D eigenvalue weighted by Crippen LogP contribution is 2.35. The van der Waals surface area contributed by atoms with E-state index in [2.05, 4.69) is 31.2 Å². The monoisotopic (exact) mass is 470 g/mol. The molecule has 1 aliphatic rings. The fraction of sp³-hybridized carbons (Fsp3) is 0.379. The van der Waals surface area contributed by atoms with Gasteiger partial charge in [-0.25, -0.2) is 13.2 Å². The molecule has 1 fully saturated rings. The van der Waals surface area contributed by atoms with Crippen molar-refractivity contribution in [2.24, 2.45) is 11.8 Å². The summed E-state index contributed by atoms with van der Waals surface area (Å²) in [5.41, 5.74) is 4.00. The van der Waals surface area contributed by atoms with Gasteiger partial charge in [-0.15, -0.1) is 0 Å². The Kier molecular flexibility index (Phi) is 7.80. The second kappa shape index (κ2) is 10.8. The molecule has 0 spiro atoms. The number of aryl methyl sites for hydroxylation is 3. The molecule has 1 saturated carbocycles. The third-order valence-corrected chi connectivity index (χ3v) is 7.46. The van der Waals surface area contributed by atoms with Crippen LogP contribution in [0, 0.1) is 36.2 Å². The molecule has 0 saturated heterocycles. The van der Waals surface area contributed by atoms with E-state index in [0.29, 0.717) is 5.92 Å². The Morgan fingerprint density at radius 2 is 1.21 bits per heavy atom. The first kappa shape index (κ1) is 23.9. The van der Waals surface area contributed by atoms with Gasteiger partial charge in [0.15, 0.2) is 0 Å². The van der Waals surface area contributed by atoms with Crippen LogP contribution in [0.25, 0.3) is 11.1 Å². The van der Waals surface area contributed by atoms with Crippen molar-refractivity contribution >= 4 is 11.6 Å². The van der Waals surface area contributed by atoms with Crippen LogP contribution >= 0.6 is 11.6 Å². The van der Waals surface area contributed by atoms with Crippen LogP contribution in [0.15, 0.2) is 54.6 Å². The van der Waals surface area contributed by atoms with Gasteiger partial charge in [-0.1, -0.05) is 79.2 Å². The van der Waals surface area contributed by atoms with Crippen molar-refractivity contribution in [2.75, 3.05) is 0 Å². The summed E-state index contributed by atoms with van der Waals surface area (Å²) >= 11 is 5.53. The first-order valence-electron chi connectivity index (χ1n) is 11.9. The van der Waals surface area contributed by atoms with E-state index >= 15 is 0 Å². The van der Waals surface area contributed by atoms with Gasteiger partial charge in [0.05, 0.1) is 0 Å². The Balaban J connectivity index is 1.26. The van der Waals surface area contributed by atoms with E-state index in [9.17, 15) is 13.2 Å². The summed E-state index contributed by atoms with van der Waals surface area (Å²) in [7, 11) is 0. The molecule has 3 aromatic rings. The van der Waals surface area contributed by atoms with E-state index in [1.54, 1.807) is 6.07 Å². The quantitative estimate of drug-likeness (QED) is 0.302. The summed E-state index contributed by atoms with van der Waals surface area (Å²) in [4.78, 5) is 0. The summed E-state index contributed by atoms with van der Waals surface area (Å²) in [5, 5.41) is -0.569. The zero-order valence-electron chi connectivity index (χ0n) is 19.0. The first-order chi connectivity index (χ1) is 15.9. The van der Waals surface area contributed by atoms with E-state index in [4.69, 9.17) is 11.6 Å². The van der Waals surface area contributed by atoms with E-state index in [0.717, 1.165) is 42.9 Å². The van der Waals surface area contributed by atoms with Crippen LogP contribution in [-0.2, 0) is 12.8 Å². The summed E-state index contributed by atoms with van der Waals surface area (Å²) in [6, 6.07) is 16.0. The molecular formula is C29H30ClF3. The smallest absolute Gasteiger partial charge is 0.145 e. The topological polar surface area (TPSA) is 0 Å². The third-order valence-electron chi connectivity index (χ3n) is 7.10. The Hall–Kier alpha value is -2.26. The van der Waals surface area contributed by atoms with Crippen LogP contribution < -0.4 is 0 Å². The van der Waals surface area contributed by atoms with Gasteiger partial charge in [-0.05, 0) is 79.3 Å². The van der Waals surface area contributed by atoms with Gasteiger partial charge in [-0.2, -0.15) is 0 Å². The largest absolute Gasteiger partial charge is 0.206 e. The molecule has 4 rings (SSSR count). The molecule has 0 unspecified atom stereocenters. The molecule has 174 valence electrons. The molecule has 0 radical (unpaired) electrons. The van der Waals surface area contributed by atoms with Crippen molar-refractivity contribution in [1.82, 2.24) is 0 Å². The molecule has 0 aliphatic heterocycles. The minimum atomic E-state index is -0.885. The van der Waals surface area contributed by atoms with Gasteiger partial charge < -0.3 is 0 Å². The van der Waals surface area contributed by atoms with Crippen LogP contribution in [0.2, 0.25) is 5.02 Å². The fourth-order valence-electron chi connectivity index (χ4n) is 4.96. The Morgan fingerprint density at radius 3 is 1.76 bits per heavy atom. The second-order valence-corrected chi connectivity index (χ2v) is 9.90. The highest BCUT2D eigenvalue weighted by Gasteiger charge is 2.21. The lowest BCUT2D eigenvalue weighted by Crippen LogP contribution is -2.15. The highest BCUT2D eigenvalue weighted by molar-refractivity contribution is 6.31. The maximum atomic E-state index is 14.7. The van der Waals surface area contributed by atoms with Gasteiger partial charge >= 0.3 is 0 Å². The van der Waals surface area contributed by atoms with Gasteiger partial charge in [-0.3, -0.25) is 0 Å². The number of halogens is 4. The molecule has 0 heterocycles. The summed E-state index contributed by atoms with van der Waals surface area (Å²) in [6.07, 6.45) is 9.31. The normalized spacial score (nSPS) is 18.5. The van der Waals surface area contributed by atoms with Crippen molar-refractivity contribution in [3.05, 3.63) is 93.8 Å². The van der Waals surface area contributed by atoms with Crippen LogP contribution in [0.3, 0.4) is 0 Å². The summed E-state index contributed by atoms with van der Waals surface area (Å²) in [5.74, 6) is -0.745. The van der Waals surface area contributed by atoms with E-state index in [-0.39, 0.29) is 11.1 Å². The van der Waals surface area contributed by atoms with Crippen LogP contribution in [0.4, 0.5) is 13.2 Å². The van der Waals surface area contributed by atoms with Crippen LogP contribution in [0.5, 0.6) is 0 Å². The number of hydrogen-bond acceptors (Lipinski definition) is 0. The van der Waals surface area contributed by atoms with Gasteiger partial charge in [0.2, 0.25) is 0 Å². The van der Waals surface area contributed by atoms with Crippen LogP contribution in [0.1, 0.15) is 55.2 Å². The maximum Gasteiger partial charge on any atom is 0.145 e. The minimum Gasteiger partial charge on any atom is -0.206 e. The van der Waals surface area contributed by atoms with Crippen molar-refractivity contribution < 1.29 is 13.2 Å². The molecule has 3 aromatic carbocycles. The average Bonchev–Trinajstić information content (AvgIpc) is 2.81. The third kappa shape index (κ3) is 6.20. The van der Waals surface area contributed by atoms with E-state index in [1.165, 1.54) is 49.3 Å². The van der Waals surface area contributed by atoms with Crippen molar-refractivity contribution in [3.63, 3.8) is 0 Å². The zero-order chi connectivity index (χ0) is 23.4. The number of hydrogen-bond donors (Lipinski definition) is 0. The lowest BCUT2D eigenvalue weighted by Gasteiger charge is -2.28. The van der Waals surface area contributed by atoms with Gasteiger partial charge in [0.1, 0.15) is 22.5 Å². The molecule has 1 aliphatic carbocycles. The SMILES string of the molecule is Cc1ccc(CC[C@H]2CC[C@H](CCc3ccc(-c4cc(F)c(Cl)c(F)c4)c(F)c3)CC2)cc1. The molecule has 0 N–H and O–H groups in total. The minimum absolute atomic E-state index is 0.155. The molecular weight excluding hydrogens is 441 g/mol. The van der Waals surface area contributed by atoms with E-state index < -0.39 is 22.5 Å². The molecule has 33 heavy (non-hydrogen) atoms. The average molecular weight is 471 g/mol. The summed E-state index contributed by atoms with van der Waals surface area (Å²) in [6.45, 7) is 2.12. The zero-order valence-corrected chi connectivity index (χ0v) is 19.8. The van der Waals surface area contributed by atoms with Gasteiger partial charge in [0.25, 0.3) is 0 Å². The van der Waals surface area contributed by atoms with Crippen molar-refractivity contribution in [1.29, 1.82) is 0 Å². The van der Waals surface area contributed by atoms with Crippen molar-refractivity contribution in [2.45, 2.75) is 58.3 Å². The lowest BCUT2D eigenvalue weighted by atomic mass is 9.77. The molecule has 0 amide bonds. The molecule has 0 aromatic heterocycles. The Morgan fingerprint density at radius 1 is 0.697 bits per heavy atom. The van der Waals surface area contributed by atoms with Crippen molar-refractivity contribution in [3.8, 4) is 11.1 Å². The molecule has 0 atom stereocenters. The molecule has 0 nitrogen and oxygen atoms in total. The first-order valence-corrected chi connectivity index (χ1v) is 12.3. The predicted octanol–water partition coefficient (Wildman–Crippen LogP) is 9.10. The molecule has 4 heteroatoms. The number of rotatable bonds is 7. The Labute approximate surface area is 199 Å². The standard InChI is InChI=1S/C29H30ClF3/c1-19-2-4-20(5-3-19)6-7-21-8-10-22(11-9-21)12-13-23-14-15-25(26(31)16-23)24-17-27(32)29(30)28(33)18-24/h2-5,14-18,21-22H,6-13H2,1H3/t21-,22-. The Bertz CT molecular complexity index is 1060. The van der Waals surface area contributed by atoms with Gasteiger partial charge in [0, 0.05) is 5.56 Å². The second-order valence-electron chi connectivity index (χ2n) is 9.52. The molecule has 0 bridgehead atoms. The summed E-state index contributed by atoms with van der Waals surface area (Å²) < 4.78 is 42.2. The highest BCUT2D eigenvalue weighted by atomic mass is 35.5. The fourth-order valence-corrected chi connectivity index (χ4v) is 5.07. The predicted molar refractivity (Wildman–Crippen MR) is 130 cm³/mol. The van der Waals surface area contributed by atoms with Crippen LogP contribution in [-0.4, -0.2) is 0 Å². The lowest BCUT2D eigenvalue weighted by molar-refractivity contribution is 0.253.